The van der Waals surface area contributed by atoms with Crippen LogP contribution < -0.4 is 5.32 Å². The molecular formula is C22H34N4O2. The number of benzene rings is 1. The summed E-state index contributed by atoms with van der Waals surface area (Å²) in [7, 11) is 0. The number of amides is 2. The van der Waals surface area contributed by atoms with Crippen molar-refractivity contribution in [2.75, 3.05) is 19.6 Å². The van der Waals surface area contributed by atoms with E-state index in [9.17, 15) is 9.59 Å². The van der Waals surface area contributed by atoms with E-state index in [1.165, 1.54) is 0 Å². The van der Waals surface area contributed by atoms with Crippen LogP contribution in [0.2, 0.25) is 0 Å². The van der Waals surface area contributed by atoms with E-state index in [4.69, 9.17) is 4.98 Å². The second kappa shape index (κ2) is 11.5. The molecule has 2 amide bonds. The molecule has 28 heavy (non-hydrogen) atoms. The van der Waals surface area contributed by atoms with E-state index in [0.717, 1.165) is 68.6 Å². The zero-order chi connectivity index (χ0) is 20.4. The van der Waals surface area contributed by atoms with Crippen LogP contribution in [0.15, 0.2) is 24.3 Å². The summed E-state index contributed by atoms with van der Waals surface area (Å²) in [4.78, 5) is 30.8. The Morgan fingerprint density at radius 3 is 2.54 bits per heavy atom. The van der Waals surface area contributed by atoms with Gasteiger partial charge in [-0.15, -0.1) is 0 Å². The number of para-hydroxylation sites is 2. The zero-order valence-corrected chi connectivity index (χ0v) is 17.5. The minimum atomic E-state index is 0.132. The average Bonchev–Trinajstić information content (AvgIpc) is 3.03. The van der Waals surface area contributed by atoms with Crippen molar-refractivity contribution in [1.29, 1.82) is 0 Å². The molecular weight excluding hydrogens is 352 g/mol. The summed E-state index contributed by atoms with van der Waals surface area (Å²) in [6.45, 7) is 8.54. The van der Waals surface area contributed by atoms with Gasteiger partial charge in [0.25, 0.3) is 0 Å². The van der Waals surface area contributed by atoms with E-state index >= 15 is 0 Å². The molecule has 2 rings (SSSR count). The number of nitrogens with one attached hydrogen (secondary N) is 1. The summed E-state index contributed by atoms with van der Waals surface area (Å²) in [6, 6.07) is 8.00. The van der Waals surface area contributed by atoms with Gasteiger partial charge in [0.15, 0.2) is 0 Å². The minimum Gasteiger partial charge on any atom is -0.356 e. The Bertz CT molecular complexity index is 765. The summed E-state index contributed by atoms with van der Waals surface area (Å²) in [6.07, 6.45) is 5.31. The topological polar surface area (TPSA) is 67.2 Å². The van der Waals surface area contributed by atoms with Crippen molar-refractivity contribution in [2.45, 2.75) is 65.8 Å². The van der Waals surface area contributed by atoms with Gasteiger partial charge in [-0.25, -0.2) is 4.98 Å². The van der Waals surface area contributed by atoms with E-state index in [0.29, 0.717) is 13.0 Å². The lowest BCUT2D eigenvalue weighted by atomic mass is 10.2. The number of imidazole rings is 1. The predicted molar refractivity (Wildman–Crippen MR) is 113 cm³/mol. The van der Waals surface area contributed by atoms with Crippen LogP contribution in [0.5, 0.6) is 0 Å². The molecule has 6 nitrogen and oxygen atoms in total. The first-order valence-electron chi connectivity index (χ1n) is 10.6. The molecule has 0 saturated carbocycles. The number of nitrogens with zero attached hydrogens (tertiary/aromatic N) is 3. The monoisotopic (exact) mass is 386 g/mol. The average molecular weight is 387 g/mol. The lowest BCUT2D eigenvalue weighted by Gasteiger charge is -2.20. The number of aromatic nitrogens is 2. The fraction of sp³-hybridized carbons (Fsp3) is 0.591. The van der Waals surface area contributed by atoms with Crippen LogP contribution in [0.1, 0.15) is 58.7 Å². The molecule has 1 heterocycles. The van der Waals surface area contributed by atoms with Crippen molar-refractivity contribution in [3.63, 3.8) is 0 Å². The van der Waals surface area contributed by atoms with Crippen molar-refractivity contribution < 1.29 is 9.59 Å². The molecule has 1 N–H and O–H groups in total. The van der Waals surface area contributed by atoms with E-state index in [1.54, 1.807) is 0 Å². The normalized spacial score (nSPS) is 11.0. The number of rotatable bonds is 12. The third kappa shape index (κ3) is 6.08. The molecule has 0 spiro atoms. The summed E-state index contributed by atoms with van der Waals surface area (Å²) in [5, 5.41) is 2.96. The third-order valence-corrected chi connectivity index (χ3v) is 5.02. The maximum atomic E-state index is 12.6. The maximum Gasteiger partial charge on any atom is 0.242 e. The molecule has 0 atom stereocenters. The van der Waals surface area contributed by atoms with Gasteiger partial charge in [0.2, 0.25) is 11.8 Å². The largest absolute Gasteiger partial charge is 0.356 e. The second-order valence-electron chi connectivity index (χ2n) is 7.08. The summed E-state index contributed by atoms with van der Waals surface area (Å²) < 4.78 is 2.07. The van der Waals surface area contributed by atoms with Crippen LogP contribution in [0.4, 0.5) is 0 Å². The first kappa shape index (κ1) is 21.9. The zero-order valence-electron chi connectivity index (χ0n) is 17.5. The first-order valence-corrected chi connectivity index (χ1v) is 10.6. The van der Waals surface area contributed by atoms with Gasteiger partial charge in [-0.3, -0.25) is 9.59 Å². The number of fused-ring (bicyclic) bond motifs is 1. The molecule has 0 saturated heterocycles. The van der Waals surface area contributed by atoms with Crippen LogP contribution in [-0.4, -0.2) is 45.9 Å². The lowest BCUT2D eigenvalue weighted by Crippen LogP contribution is -2.33. The molecule has 0 unspecified atom stereocenters. The van der Waals surface area contributed by atoms with Gasteiger partial charge in [-0.05, 0) is 45.2 Å². The molecule has 0 aliphatic rings. The Morgan fingerprint density at radius 2 is 1.82 bits per heavy atom. The number of likely N-dealkylation sites (N-methyl/N-ethyl adjacent to an activating group) is 1. The molecule has 2 aromatic rings. The Kier molecular flexibility index (Phi) is 8.98. The number of carbonyl (C=O) groups excluding carboxylic acids is 2. The highest BCUT2D eigenvalue weighted by Gasteiger charge is 2.16. The number of unbranched alkanes of at least 4 members (excludes halogenated alkanes) is 2. The van der Waals surface area contributed by atoms with Crippen LogP contribution in [0.3, 0.4) is 0 Å². The first-order chi connectivity index (χ1) is 13.6. The summed E-state index contributed by atoms with van der Waals surface area (Å²) >= 11 is 0. The molecule has 1 aromatic carbocycles. The van der Waals surface area contributed by atoms with Gasteiger partial charge in [0.05, 0.1) is 11.0 Å². The quantitative estimate of drug-likeness (QED) is 0.568. The molecule has 0 aliphatic heterocycles. The van der Waals surface area contributed by atoms with Crippen LogP contribution in [0, 0.1) is 0 Å². The van der Waals surface area contributed by atoms with E-state index < -0.39 is 0 Å². The van der Waals surface area contributed by atoms with Gasteiger partial charge in [0, 0.05) is 32.5 Å². The molecule has 0 bridgehead atoms. The lowest BCUT2D eigenvalue weighted by molar-refractivity contribution is -0.131. The highest BCUT2D eigenvalue weighted by Crippen LogP contribution is 2.18. The molecule has 0 aliphatic carbocycles. The van der Waals surface area contributed by atoms with Gasteiger partial charge in [-0.1, -0.05) is 25.5 Å². The van der Waals surface area contributed by atoms with Crippen molar-refractivity contribution >= 4 is 22.8 Å². The predicted octanol–water partition coefficient (Wildman–Crippen LogP) is 3.53. The fourth-order valence-electron chi connectivity index (χ4n) is 3.43. The minimum absolute atomic E-state index is 0.132. The molecule has 154 valence electrons. The van der Waals surface area contributed by atoms with Crippen LogP contribution in [0.25, 0.3) is 11.0 Å². The van der Waals surface area contributed by atoms with Crippen molar-refractivity contribution in [2.24, 2.45) is 0 Å². The molecule has 6 heteroatoms. The van der Waals surface area contributed by atoms with E-state index in [1.807, 2.05) is 49.9 Å². The van der Waals surface area contributed by atoms with E-state index in [2.05, 4.69) is 9.88 Å². The molecule has 1 aromatic heterocycles. The van der Waals surface area contributed by atoms with Gasteiger partial charge < -0.3 is 14.8 Å². The third-order valence-electron chi connectivity index (χ3n) is 5.02. The smallest absolute Gasteiger partial charge is 0.242 e. The van der Waals surface area contributed by atoms with Gasteiger partial charge in [0.1, 0.15) is 12.4 Å². The number of hydrogen-bond donors (Lipinski definition) is 1. The van der Waals surface area contributed by atoms with Crippen molar-refractivity contribution in [1.82, 2.24) is 19.8 Å². The van der Waals surface area contributed by atoms with Crippen molar-refractivity contribution in [3.8, 4) is 0 Å². The van der Waals surface area contributed by atoms with Gasteiger partial charge >= 0.3 is 0 Å². The highest BCUT2D eigenvalue weighted by atomic mass is 16.2. The number of carbonyl (C=O) groups is 2. The standard InChI is InChI=1S/C22H34N4O2/c1-4-12-21(27)23-16-11-7-8-15-20-24-18-13-9-10-14-19(18)26(20)17-22(28)25(5-2)6-3/h9-10,13-14H,4-8,11-12,15-17H2,1-3H3,(H,23,27). The fourth-order valence-corrected chi connectivity index (χ4v) is 3.43. The van der Waals surface area contributed by atoms with Crippen LogP contribution in [-0.2, 0) is 22.6 Å². The molecule has 0 fully saturated rings. The SMILES string of the molecule is CCCC(=O)NCCCCCc1nc2ccccc2n1CC(=O)N(CC)CC. The number of hydrogen-bond acceptors (Lipinski definition) is 3. The summed E-state index contributed by atoms with van der Waals surface area (Å²) in [5.74, 6) is 1.24. The Hall–Kier alpha value is -2.37. The van der Waals surface area contributed by atoms with Crippen LogP contribution >= 0.6 is 0 Å². The Labute approximate surface area is 168 Å². The summed E-state index contributed by atoms with van der Waals surface area (Å²) in [5.41, 5.74) is 1.96. The van der Waals surface area contributed by atoms with E-state index in [-0.39, 0.29) is 11.8 Å². The highest BCUT2D eigenvalue weighted by molar-refractivity contribution is 5.81. The maximum absolute atomic E-state index is 12.6. The Morgan fingerprint density at radius 1 is 1.07 bits per heavy atom. The second-order valence-corrected chi connectivity index (χ2v) is 7.08. The van der Waals surface area contributed by atoms with Gasteiger partial charge in [-0.2, -0.15) is 0 Å². The molecule has 0 radical (unpaired) electrons. The Balaban J connectivity index is 1.96. The van der Waals surface area contributed by atoms with Crippen molar-refractivity contribution in [3.05, 3.63) is 30.1 Å². The number of aryl methyl sites for hydroxylation is 1.